The molecule has 1 aromatic rings. The first-order valence-corrected chi connectivity index (χ1v) is 8.98. The van der Waals surface area contributed by atoms with Gasteiger partial charge in [0, 0.05) is 5.75 Å². The van der Waals surface area contributed by atoms with E-state index in [4.69, 9.17) is 4.74 Å². The predicted octanol–water partition coefficient (Wildman–Crippen LogP) is 2.26. The van der Waals surface area contributed by atoms with Crippen LogP contribution in [-0.4, -0.2) is 31.6 Å². The van der Waals surface area contributed by atoms with E-state index in [-0.39, 0.29) is 17.6 Å². The smallest absolute Gasteiger partial charge is 0.150 e. The Morgan fingerprint density at radius 2 is 2.20 bits per heavy atom. The van der Waals surface area contributed by atoms with Gasteiger partial charge in [-0.05, 0) is 48.9 Å². The van der Waals surface area contributed by atoms with Crippen molar-refractivity contribution in [2.75, 3.05) is 18.1 Å². The molecule has 4 nitrogen and oxygen atoms in total. The highest BCUT2D eigenvalue weighted by molar-refractivity contribution is 7.91. The number of sulfone groups is 1. The van der Waals surface area contributed by atoms with E-state index in [1.165, 1.54) is 0 Å². The van der Waals surface area contributed by atoms with Crippen LogP contribution in [0, 0.1) is 0 Å². The van der Waals surface area contributed by atoms with Crippen LogP contribution < -0.4 is 4.74 Å². The number of hydrogen-bond donors (Lipinski definition) is 1. The number of aliphatic hydroxyl groups is 1. The number of benzene rings is 1. The van der Waals surface area contributed by atoms with Gasteiger partial charge in [-0.3, -0.25) is 0 Å². The van der Waals surface area contributed by atoms with Crippen molar-refractivity contribution < 1.29 is 18.3 Å². The van der Waals surface area contributed by atoms with E-state index in [1.54, 1.807) is 6.92 Å². The predicted molar refractivity (Wildman–Crippen MR) is 78.8 cm³/mol. The van der Waals surface area contributed by atoms with Crippen LogP contribution in [0.15, 0.2) is 18.2 Å². The largest absolute Gasteiger partial charge is 0.494 e. The van der Waals surface area contributed by atoms with Gasteiger partial charge in [-0.1, -0.05) is 13.0 Å². The summed E-state index contributed by atoms with van der Waals surface area (Å²) in [6, 6.07) is 5.73. The molecule has 2 rings (SSSR count). The third-order valence-electron chi connectivity index (χ3n) is 3.71. The summed E-state index contributed by atoms with van der Waals surface area (Å²) in [5, 5.41) is 9.88. The summed E-state index contributed by atoms with van der Waals surface area (Å²) in [6.45, 7) is 2.06. The van der Waals surface area contributed by atoms with Crippen molar-refractivity contribution in [3.05, 3.63) is 29.3 Å². The van der Waals surface area contributed by atoms with Gasteiger partial charge in [0.05, 0.1) is 18.5 Å². The average Bonchev–Trinajstić information content (AvgIpc) is 2.44. The molecule has 1 aliphatic carbocycles. The zero-order valence-corrected chi connectivity index (χ0v) is 12.7. The Kier molecular flexibility index (Phi) is 5.05. The highest BCUT2D eigenvalue weighted by Crippen LogP contribution is 2.31. The molecule has 5 heteroatoms. The Bertz CT molecular complexity index is 551. The van der Waals surface area contributed by atoms with Gasteiger partial charge in [-0.25, -0.2) is 8.42 Å². The van der Waals surface area contributed by atoms with E-state index in [0.717, 1.165) is 36.1 Å². The van der Waals surface area contributed by atoms with Crippen LogP contribution in [0.5, 0.6) is 5.75 Å². The molecule has 0 saturated carbocycles. The fraction of sp³-hybridized carbons (Fsp3) is 0.600. The van der Waals surface area contributed by atoms with Crippen molar-refractivity contribution in [1.29, 1.82) is 0 Å². The average molecular weight is 298 g/mol. The third-order valence-corrected chi connectivity index (χ3v) is 5.50. The zero-order valence-electron chi connectivity index (χ0n) is 11.8. The molecule has 0 fully saturated rings. The van der Waals surface area contributed by atoms with Gasteiger partial charge in [-0.15, -0.1) is 0 Å². The fourth-order valence-corrected chi connectivity index (χ4v) is 3.31. The summed E-state index contributed by atoms with van der Waals surface area (Å²) >= 11 is 0. The first-order chi connectivity index (χ1) is 9.52. The quantitative estimate of drug-likeness (QED) is 0.818. The molecular formula is C15H22O4S. The maximum absolute atomic E-state index is 11.4. The molecule has 1 aliphatic rings. The molecule has 0 aliphatic heterocycles. The minimum Gasteiger partial charge on any atom is -0.494 e. The van der Waals surface area contributed by atoms with Gasteiger partial charge in [-0.2, -0.15) is 0 Å². The summed E-state index contributed by atoms with van der Waals surface area (Å²) in [5.41, 5.74) is 2.14. The van der Waals surface area contributed by atoms with E-state index in [2.05, 4.69) is 0 Å². The molecule has 20 heavy (non-hydrogen) atoms. The van der Waals surface area contributed by atoms with Crippen molar-refractivity contribution in [3.8, 4) is 5.75 Å². The van der Waals surface area contributed by atoms with Gasteiger partial charge in [0.25, 0.3) is 0 Å². The van der Waals surface area contributed by atoms with E-state index < -0.39 is 9.84 Å². The second kappa shape index (κ2) is 6.59. The number of aryl methyl sites for hydroxylation is 1. The van der Waals surface area contributed by atoms with E-state index >= 15 is 0 Å². The molecule has 0 spiro atoms. The van der Waals surface area contributed by atoms with Crippen molar-refractivity contribution in [2.24, 2.45) is 0 Å². The monoisotopic (exact) mass is 298 g/mol. The molecule has 0 radical (unpaired) electrons. The van der Waals surface area contributed by atoms with E-state index in [0.29, 0.717) is 13.0 Å². The number of rotatable bonds is 6. The Morgan fingerprint density at radius 3 is 2.95 bits per heavy atom. The molecule has 0 saturated heterocycles. The van der Waals surface area contributed by atoms with E-state index in [9.17, 15) is 13.5 Å². The van der Waals surface area contributed by atoms with Crippen molar-refractivity contribution in [2.45, 2.75) is 38.7 Å². The number of hydrogen-bond acceptors (Lipinski definition) is 4. The van der Waals surface area contributed by atoms with Gasteiger partial charge in [0.15, 0.2) is 0 Å². The topological polar surface area (TPSA) is 63.6 Å². The maximum atomic E-state index is 11.4. The summed E-state index contributed by atoms with van der Waals surface area (Å²) in [7, 11) is -2.91. The molecule has 0 amide bonds. The molecule has 0 aromatic heterocycles. The summed E-state index contributed by atoms with van der Waals surface area (Å²) in [6.07, 6.45) is 2.93. The number of fused-ring (bicyclic) bond motifs is 1. The van der Waals surface area contributed by atoms with Crippen LogP contribution in [0.3, 0.4) is 0 Å². The van der Waals surface area contributed by atoms with Crippen molar-refractivity contribution >= 4 is 9.84 Å². The molecule has 0 heterocycles. The van der Waals surface area contributed by atoms with Crippen LogP contribution in [0.25, 0.3) is 0 Å². The molecular weight excluding hydrogens is 276 g/mol. The van der Waals surface area contributed by atoms with E-state index in [1.807, 2.05) is 18.2 Å². The first kappa shape index (κ1) is 15.3. The van der Waals surface area contributed by atoms with Gasteiger partial charge in [0.1, 0.15) is 15.6 Å². The Hall–Kier alpha value is -1.07. The molecule has 1 atom stereocenters. The lowest BCUT2D eigenvalue weighted by Gasteiger charge is -2.21. The molecule has 1 N–H and O–H groups in total. The lowest BCUT2D eigenvalue weighted by molar-refractivity contribution is 0.156. The minimum absolute atomic E-state index is 0.174. The zero-order chi connectivity index (χ0) is 14.6. The fourth-order valence-electron chi connectivity index (χ4n) is 2.47. The highest BCUT2D eigenvalue weighted by atomic mass is 32.2. The molecule has 1 aromatic carbocycles. The van der Waals surface area contributed by atoms with Crippen LogP contribution in [0.1, 0.15) is 43.4 Å². The van der Waals surface area contributed by atoms with Crippen molar-refractivity contribution in [3.63, 3.8) is 0 Å². The Labute approximate surface area is 120 Å². The van der Waals surface area contributed by atoms with Crippen LogP contribution >= 0.6 is 0 Å². The lowest BCUT2D eigenvalue weighted by Crippen LogP contribution is -2.12. The third kappa shape index (κ3) is 3.96. The second-order valence-corrected chi connectivity index (χ2v) is 7.68. The SMILES string of the molecule is CCS(=O)(=O)CCCOc1ccc2c(c1)CCCC2O. The Morgan fingerprint density at radius 1 is 1.40 bits per heavy atom. The standard InChI is InChI=1S/C15H22O4S/c1-2-20(17,18)10-4-9-19-13-7-8-14-12(11-13)5-3-6-15(14)16/h7-8,11,15-16H,2-6,9-10H2,1H3. The highest BCUT2D eigenvalue weighted by Gasteiger charge is 2.18. The molecule has 0 bridgehead atoms. The first-order valence-electron chi connectivity index (χ1n) is 7.16. The molecule has 112 valence electrons. The summed E-state index contributed by atoms with van der Waals surface area (Å²) in [5.74, 6) is 1.11. The normalized spacial score (nSPS) is 18.6. The van der Waals surface area contributed by atoms with Crippen LogP contribution in [0.2, 0.25) is 0 Å². The number of ether oxygens (including phenoxy) is 1. The minimum atomic E-state index is -2.91. The summed E-state index contributed by atoms with van der Waals surface area (Å²) < 4.78 is 28.3. The molecule has 1 unspecified atom stereocenters. The van der Waals surface area contributed by atoms with Gasteiger partial charge >= 0.3 is 0 Å². The summed E-state index contributed by atoms with van der Waals surface area (Å²) in [4.78, 5) is 0. The van der Waals surface area contributed by atoms with Crippen molar-refractivity contribution in [1.82, 2.24) is 0 Å². The van der Waals surface area contributed by atoms with Gasteiger partial charge in [0.2, 0.25) is 0 Å². The Balaban J connectivity index is 1.88. The van der Waals surface area contributed by atoms with Gasteiger partial charge < -0.3 is 9.84 Å². The second-order valence-electron chi connectivity index (χ2n) is 5.21. The van der Waals surface area contributed by atoms with Crippen LogP contribution in [0.4, 0.5) is 0 Å². The van der Waals surface area contributed by atoms with Crippen LogP contribution in [-0.2, 0) is 16.3 Å². The number of aliphatic hydroxyl groups excluding tert-OH is 1. The maximum Gasteiger partial charge on any atom is 0.150 e. The lowest BCUT2D eigenvalue weighted by atomic mass is 9.89.